The maximum Gasteiger partial charge on any atom is 0.416 e. The number of hydrazone groups is 1. The molecule has 0 fully saturated rings. The Kier molecular flexibility index (Phi) is 7.35. The molecule has 3 aromatic carbocycles. The zero-order chi connectivity index (χ0) is 24.9. The van der Waals surface area contributed by atoms with Crippen LogP contribution in [0.1, 0.15) is 16.7 Å². The molecule has 1 amide bonds. The van der Waals surface area contributed by atoms with E-state index in [1.54, 1.807) is 19.1 Å². The van der Waals surface area contributed by atoms with E-state index >= 15 is 0 Å². The third-order valence-electron chi connectivity index (χ3n) is 4.63. The largest absolute Gasteiger partial charge is 0.416 e. The third kappa shape index (κ3) is 5.98. The van der Waals surface area contributed by atoms with Gasteiger partial charge in [-0.25, -0.2) is 18.2 Å². The highest BCUT2D eigenvalue weighted by atomic mass is 32.2. The second kappa shape index (κ2) is 10.0. The average Bonchev–Trinajstić information content (AvgIpc) is 2.78. The predicted molar refractivity (Wildman–Crippen MR) is 119 cm³/mol. The van der Waals surface area contributed by atoms with Crippen molar-refractivity contribution in [1.82, 2.24) is 5.43 Å². The fourth-order valence-corrected chi connectivity index (χ4v) is 4.36. The fourth-order valence-electron chi connectivity index (χ4n) is 2.93. The Labute approximate surface area is 193 Å². The van der Waals surface area contributed by atoms with Crippen molar-refractivity contribution in [3.05, 3.63) is 95.3 Å². The van der Waals surface area contributed by atoms with Crippen LogP contribution < -0.4 is 9.73 Å². The SMILES string of the molecule is Cc1ccc(S(=O)(=O)N(CC(=O)N/N=C/c2cccc(C(F)(F)F)c2)c2ccccc2F)cc1. The Bertz CT molecular complexity index is 1310. The summed E-state index contributed by atoms with van der Waals surface area (Å²) in [6.07, 6.45) is -3.56. The van der Waals surface area contributed by atoms with Crippen molar-refractivity contribution in [2.45, 2.75) is 18.0 Å². The number of amides is 1. The molecule has 0 aromatic heterocycles. The van der Waals surface area contributed by atoms with E-state index in [0.29, 0.717) is 4.31 Å². The van der Waals surface area contributed by atoms with Gasteiger partial charge in [-0.3, -0.25) is 9.10 Å². The molecule has 178 valence electrons. The molecule has 3 rings (SSSR count). The summed E-state index contributed by atoms with van der Waals surface area (Å²) in [5, 5.41) is 3.59. The van der Waals surface area contributed by atoms with Gasteiger partial charge < -0.3 is 0 Å². The number of aryl methyl sites for hydroxylation is 1. The summed E-state index contributed by atoms with van der Waals surface area (Å²) in [5.41, 5.74) is 1.69. The number of alkyl halides is 3. The summed E-state index contributed by atoms with van der Waals surface area (Å²) < 4.78 is 79.9. The van der Waals surface area contributed by atoms with Crippen molar-refractivity contribution in [3.8, 4) is 0 Å². The highest BCUT2D eigenvalue weighted by Gasteiger charge is 2.30. The van der Waals surface area contributed by atoms with E-state index in [9.17, 15) is 30.8 Å². The molecule has 0 aliphatic carbocycles. The van der Waals surface area contributed by atoms with Crippen molar-refractivity contribution in [2.75, 3.05) is 10.8 Å². The summed E-state index contributed by atoms with van der Waals surface area (Å²) in [6.45, 7) is 0.942. The Morgan fingerprint density at radius 3 is 2.35 bits per heavy atom. The Hall–Kier alpha value is -3.73. The summed E-state index contributed by atoms with van der Waals surface area (Å²) >= 11 is 0. The quantitative estimate of drug-likeness (QED) is 0.299. The van der Waals surface area contributed by atoms with Crippen LogP contribution in [0.3, 0.4) is 0 Å². The van der Waals surface area contributed by atoms with Crippen molar-refractivity contribution in [3.63, 3.8) is 0 Å². The van der Waals surface area contributed by atoms with Gasteiger partial charge in [0.05, 0.1) is 22.4 Å². The van der Waals surface area contributed by atoms with Gasteiger partial charge in [-0.1, -0.05) is 42.0 Å². The molecule has 0 saturated heterocycles. The summed E-state index contributed by atoms with van der Waals surface area (Å²) in [6, 6.07) is 15.1. The van der Waals surface area contributed by atoms with Gasteiger partial charge in [0, 0.05) is 0 Å². The number of hydrogen-bond acceptors (Lipinski definition) is 4. The molecule has 0 heterocycles. The monoisotopic (exact) mass is 493 g/mol. The lowest BCUT2D eigenvalue weighted by atomic mass is 10.1. The first-order chi connectivity index (χ1) is 16.0. The normalized spacial score (nSPS) is 12.0. The second-order valence-electron chi connectivity index (χ2n) is 7.19. The summed E-state index contributed by atoms with van der Waals surface area (Å²) in [4.78, 5) is 12.3. The molecule has 0 saturated carbocycles. The minimum atomic E-state index is -4.54. The fraction of sp³-hybridized carbons (Fsp3) is 0.130. The van der Waals surface area contributed by atoms with E-state index in [2.05, 4.69) is 10.5 Å². The second-order valence-corrected chi connectivity index (χ2v) is 9.05. The Morgan fingerprint density at radius 2 is 1.71 bits per heavy atom. The van der Waals surface area contributed by atoms with Gasteiger partial charge in [0.25, 0.3) is 15.9 Å². The predicted octanol–water partition coefficient (Wildman–Crippen LogP) is 4.50. The first-order valence-electron chi connectivity index (χ1n) is 9.81. The van der Waals surface area contributed by atoms with E-state index in [4.69, 9.17) is 0 Å². The number of halogens is 4. The molecule has 34 heavy (non-hydrogen) atoms. The molecular formula is C23H19F4N3O3S. The van der Waals surface area contributed by atoms with Crippen molar-refractivity contribution >= 4 is 27.8 Å². The van der Waals surface area contributed by atoms with Crippen LogP contribution in [0.15, 0.2) is 82.8 Å². The number of nitrogens with zero attached hydrogens (tertiary/aromatic N) is 2. The Morgan fingerprint density at radius 1 is 1.03 bits per heavy atom. The number of sulfonamides is 1. The van der Waals surface area contributed by atoms with Gasteiger partial charge in [0.2, 0.25) is 0 Å². The number of para-hydroxylation sites is 1. The number of anilines is 1. The molecule has 0 bridgehead atoms. The molecule has 0 aliphatic rings. The molecule has 0 atom stereocenters. The van der Waals surface area contributed by atoms with Gasteiger partial charge in [-0.2, -0.15) is 18.3 Å². The van der Waals surface area contributed by atoms with E-state index in [0.717, 1.165) is 30.0 Å². The number of nitrogens with one attached hydrogen (secondary N) is 1. The lowest BCUT2D eigenvalue weighted by molar-refractivity contribution is -0.137. The lowest BCUT2D eigenvalue weighted by Gasteiger charge is -2.24. The van der Waals surface area contributed by atoms with Crippen LogP contribution in [0.2, 0.25) is 0 Å². The van der Waals surface area contributed by atoms with Gasteiger partial charge in [-0.05, 0) is 48.9 Å². The van der Waals surface area contributed by atoms with Crippen molar-refractivity contribution in [2.24, 2.45) is 5.10 Å². The van der Waals surface area contributed by atoms with Gasteiger partial charge in [0.15, 0.2) is 0 Å². The number of benzene rings is 3. The highest BCUT2D eigenvalue weighted by Crippen LogP contribution is 2.29. The van der Waals surface area contributed by atoms with Gasteiger partial charge >= 0.3 is 6.18 Å². The molecular weight excluding hydrogens is 474 g/mol. The molecule has 0 radical (unpaired) electrons. The van der Waals surface area contributed by atoms with Gasteiger partial charge in [0.1, 0.15) is 12.4 Å². The highest BCUT2D eigenvalue weighted by molar-refractivity contribution is 7.92. The number of carbonyl (C=O) groups excluding carboxylic acids is 1. The van der Waals surface area contributed by atoms with Crippen LogP contribution in [0.4, 0.5) is 23.2 Å². The minimum Gasteiger partial charge on any atom is -0.271 e. The molecule has 0 unspecified atom stereocenters. The van der Waals surface area contributed by atoms with Crippen LogP contribution in [-0.2, 0) is 21.0 Å². The Balaban J connectivity index is 1.83. The number of hydrogen-bond donors (Lipinski definition) is 1. The maximum absolute atomic E-state index is 14.4. The number of rotatable bonds is 7. The van der Waals surface area contributed by atoms with Crippen LogP contribution >= 0.6 is 0 Å². The first kappa shape index (κ1) is 24.9. The van der Waals surface area contributed by atoms with Crippen molar-refractivity contribution in [1.29, 1.82) is 0 Å². The number of carbonyl (C=O) groups is 1. The van der Waals surface area contributed by atoms with E-state index in [1.165, 1.54) is 42.5 Å². The molecule has 11 heteroatoms. The molecule has 6 nitrogen and oxygen atoms in total. The first-order valence-corrected chi connectivity index (χ1v) is 11.3. The van der Waals surface area contributed by atoms with Crippen LogP contribution in [0, 0.1) is 12.7 Å². The van der Waals surface area contributed by atoms with Crippen LogP contribution in [-0.4, -0.2) is 27.1 Å². The standard InChI is InChI=1S/C23H19F4N3O3S/c1-16-9-11-19(12-10-16)34(32,33)30(21-8-3-2-7-20(21)24)15-22(31)29-28-14-17-5-4-6-18(13-17)23(25,26)27/h2-14H,15H2,1H3,(H,29,31)/b28-14+. The topological polar surface area (TPSA) is 78.8 Å². The molecule has 3 aromatic rings. The van der Waals surface area contributed by atoms with Crippen LogP contribution in [0.25, 0.3) is 0 Å². The van der Waals surface area contributed by atoms with E-state index in [-0.39, 0.29) is 16.1 Å². The van der Waals surface area contributed by atoms with Gasteiger partial charge in [-0.15, -0.1) is 0 Å². The van der Waals surface area contributed by atoms with E-state index < -0.39 is 40.0 Å². The zero-order valence-corrected chi connectivity index (χ0v) is 18.6. The summed E-state index contributed by atoms with van der Waals surface area (Å²) in [5.74, 6) is -1.79. The molecule has 0 aliphatic heterocycles. The smallest absolute Gasteiger partial charge is 0.271 e. The van der Waals surface area contributed by atoms with Crippen molar-refractivity contribution < 1.29 is 30.8 Å². The average molecular weight is 493 g/mol. The van der Waals surface area contributed by atoms with Crippen LogP contribution in [0.5, 0.6) is 0 Å². The zero-order valence-electron chi connectivity index (χ0n) is 17.8. The lowest BCUT2D eigenvalue weighted by Crippen LogP contribution is -2.40. The van der Waals surface area contributed by atoms with E-state index in [1.807, 2.05) is 0 Å². The maximum atomic E-state index is 14.4. The molecule has 1 N–H and O–H groups in total. The third-order valence-corrected chi connectivity index (χ3v) is 6.41. The molecule has 0 spiro atoms. The minimum absolute atomic E-state index is 0.0633. The summed E-state index contributed by atoms with van der Waals surface area (Å²) in [7, 11) is -4.33.